The summed E-state index contributed by atoms with van der Waals surface area (Å²) in [5.41, 5.74) is 4.05. The third kappa shape index (κ3) is 5.56. The van der Waals surface area contributed by atoms with Crippen LogP contribution in [0.1, 0.15) is 27.2 Å². The standard InChI is InChI=1S/C27H24FN3O3/c1-17-3-8-24(28)19(11-17)13-21(32)12-18-4-6-22(7-5-18)34-23-9-10-30-25(15-23)20-14-26(31-16-20)27(33)29-2/h3-11,14-16,31H,12-13H2,1-2H3,(H,29,33). The van der Waals surface area contributed by atoms with Gasteiger partial charge in [0.15, 0.2) is 0 Å². The van der Waals surface area contributed by atoms with Crippen molar-refractivity contribution < 1.29 is 18.7 Å². The van der Waals surface area contributed by atoms with Crippen molar-refractivity contribution in [2.24, 2.45) is 0 Å². The second kappa shape index (κ2) is 10.1. The fourth-order valence-corrected chi connectivity index (χ4v) is 3.59. The predicted molar refractivity (Wildman–Crippen MR) is 127 cm³/mol. The van der Waals surface area contributed by atoms with Crippen LogP contribution in [0.3, 0.4) is 0 Å². The zero-order chi connectivity index (χ0) is 24.1. The summed E-state index contributed by atoms with van der Waals surface area (Å²) in [4.78, 5) is 31.5. The van der Waals surface area contributed by atoms with Crippen LogP contribution >= 0.6 is 0 Å². The third-order valence-corrected chi connectivity index (χ3v) is 5.33. The van der Waals surface area contributed by atoms with E-state index in [1.165, 1.54) is 6.07 Å². The van der Waals surface area contributed by atoms with Gasteiger partial charge in [-0.15, -0.1) is 0 Å². The van der Waals surface area contributed by atoms with Crippen molar-refractivity contribution in [3.63, 3.8) is 0 Å². The van der Waals surface area contributed by atoms with Crippen molar-refractivity contribution in [3.8, 4) is 22.8 Å². The minimum Gasteiger partial charge on any atom is -0.457 e. The monoisotopic (exact) mass is 457 g/mol. The van der Waals surface area contributed by atoms with Crippen molar-refractivity contribution >= 4 is 11.7 Å². The first kappa shape index (κ1) is 22.9. The maximum atomic E-state index is 13.9. The molecule has 0 radical (unpaired) electrons. The molecular weight excluding hydrogens is 433 g/mol. The number of nitrogens with zero attached hydrogens (tertiary/aromatic N) is 1. The van der Waals surface area contributed by atoms with Gasteiger partial charge in [0, 0.05) is 43.9 Å². The number of aromatic nitrogens is 2. The van der Waals surface area contributed by atoms with Crippen LogP contribution in [-0.4, -0.2) is 28.7 Å². The molecule has 1 amide bonds. The van der Waals surface area contributed by atoms with E-state index in [0.29, 0.717) is 28.5 Å². The number of hydrogen-bond donors (Lipinski definition) is 2. The first-order chi connectivity index (χ1) is 16.4. The first-order valence-corrected chi connectivity index (χ1v) is 10.8. The van der Waals surface area contributed by atoms with Crippen LogP contribution in [0, 0.1) is 12.7 Å². The molecule has 0 aliphatic heterocycles. The summed E-state index contributed by atoms with van der Waals surface area (Å²) in [6.07, 6.45) is 3.63. The molecule has 0 fully saturated rings. The van der Waals surface area contributed by atoms with E-state index in [4.69, 9.17) is 4.74 Å². The number of rotatable bonds is 8. The summed E-state index contributed by atoms with van der Waals surface area (Å²) < 4.78 is 19.9. The van der Waals surface area contributed by atoms with E-state index in [1.54, 1.807) is 61.9 Å². The van der Waals surface area contributed by atoms with Crippen molar-refractivity contribution in [2.45, 2.75) is 19.8 Å². The molecule has 0 saturated heterocycles. The van der Waals surface area contributed by atoms with Crippen LogP contribution in [0.15, 0.2) is 73.1 Å². The average molecular weight is 458 g/mol. The molecule has 7 heteroatoms. The maximum absolute atomic E-state index is 13.9. The third-order valence-electron chi connectivity index (χ3n) is 5.33. The van der Waals surface area contributed by atoms with E-state index in [9.17, 15) is 14.0 Å². The molecule has 172 valence electrons. The lowest BCUT2D eigenvalue weighted by atomic mass is 10.0. The first-order valence-electron chi connectivity index (χ1n) is 10.8. The van der Waals surface area contributed by atoms with Gasteiger partial charge in [-0.05, 0) is 48.4 Å². The van der Waals surface area contributed by atoms with E-state index < -0.39 is 0 Å². The Kier molecular flexibility index (Phi) is 6.82. The lowest BCUT2D eigenvalue weighted by Gasteiger charge is -2.08. The number of halogens is 1. The number of ether oxygens (including phenoxy) is 1. The molecule has 0 atom stereocenters. The zero-order valence-corrected chi connectivity index (χ0v) is 18.9. The molecular formula is C27H24FN3O3. The van der Waals surface area contributed by atoms with Crippen LogP contribution in [0.5, 0.6) is 11.5 Å². The Balaban J connectivity index is 1.39. The van der Waals surface area contributed by atoms with Gasteiger partial charge >= 0.3 is 0 Å². The molecule has 4 rings (SSSR count). The Hall–Kier alpha value is -4.26. The number of hydrogen-bond acceptors (Lipinski definition) is 4. The molecule has 0 aliphatic carbocycles. The number of carbonyl (C=O) groups excluding carboxylic acids is 2. The van der Waals surface area contributed by atoms with E-state index in [0.717, 1.165) is 16.7 Å². The Morgan fingerprint density at radius 1 is 1.00 bits per heavy atom. The van der Waals surface area contributed by atoms with Crippen LogP contribution < -0.4 is 10.1 Å². The van der Waals surface area contributed by atoms with Crippen molar-refractivity contribution in [1.29, 1.82) is 0 Å². The van der Waals surface area contributed by atoms with Gasteiger partial charge in [0.25, 0.3) is 5.91 Å². The second-order valence-corrected chi connectivity index (χ2v) is 7.99. The highest BCUT2D eigenvalue weighted by atomic mass is 19.1. The number of benzene rings is 2. The summed E-state index contributed by atoms with van der Waals surface area (Å²) in [7, 11) is 1.57. The number of carbonyl (C=O) groups is 2. The number of aryl methyl sites for hydroxylation is 1. The fourth-order valence-electron chi connectivity index (χ4n) is 3.59. The van der Waals surface area contributed by atoms with E-state index >= 15 is 0 Å². The van der Waals surface area contributed by atoms with Gasteiger partial charge in [0.05, 0.1) is 5.69 Å². The highest BCUT2D eigenvalue weighted by Gasteiger charge is 2.11. The predicted octanol–water partition coefficient (Wildman–Crippen LogP) is 5.03. The molecule has 4 aromatic rings. The summed E-state index contributed by atoms with van der Waals surface area (Å²) in [6, 6.07) is 17.3. The number of H-pyrrole nitrogens is 1. The second-order valence-electron chi connectivity index (χ2n) is 7.99. The van der Waals surface area contributed by atoms with Crippen molar-refractivity contribution in [3.05, 3.63) is 101 Å². The van der Waals surface area contributed by atoms with E-state index in [1.807, 2.05) is 19.1 Å². The fraction of sp³-hybridized carbons (Fsp3) is 0.148. The zero-order valence-electron chi connectivity index (χ0n) is 18.9. The van der Waals surface area contributed by atoms with E-state index in [-0.39, 0.29) is 30.3 Å². The highest BCUT2D eigenvalue weighted by molar-refractivity contribution is 5.93. The van der Waals surface area contributed by atoms with Crippen LogP contribution in [0.25, 0.3) is 11.3 Å². The summed E-state index contributed by atoms with van der Waals surface area (Å²) in [6.45, 7) is 1.87. The number of amides is 1. The highest BCUT2D eigenvalue weighted by Crippen LogP contribution is 2.26. The molecule has 2 N–H and O–H groups in total. The Bertz CT molecular complexity index is 1330. The van der Waals surface area contributed by atoms with Crippen LogP contribution in [0.2, 0.25) is 0 Å². The smallest absolute Gasteiger partial charge is 0.267 e. The van der Waals surface area contributed by atoms with Gasteiger partial charge in [-0.3, -0.25) is 14.6 Å². The van der Waals surface area contributed by atoms with Gasteiger partial charge < -0.3 is 15.0 Å². The van der Waals surface area contributed by atoms with Gasteiger partial charge in [0.1, 0.15) is 28.8 Å². The Morgan fingerprint density at radius 2 is 1.79 bits per heavy atom. The Morgan fingerprint density at radius 3 is 2.56 bits per heavy atom. The molecule has 2 aromatic heterocycles. The van der Waals surface area contributed by atoms with Crippen molar-refractivity contribution in [1.82, 2.24) is 15.3 Å². The number of nitrogens with one attached hydrogen (secondary N) is 2. The lowest BCUT2D eigenvalue weighted by Crippen LogP contribution is -2.17. The molecule has 0 bridgehead atoms. The van der Waals surface area contributed by atoms with E-state index in [2.05, 4.69) is 15.3 Å². The van der Waals surface area contributed by atoms with Gasteiger partial charge in [-0.2, -0.15) is 0 Å². The number of aromatic amines is 1. The minimum absolute atomic E-state index is 0.0560. The Labute approximate surface area is 196 Å². The van der Waals surface area contributed by atoms with Crippen molar-refractivity contribution in [2.75, 3.05) is 7.05 Å². The molecule has 0 aliphatic rings. The maximum Gasteiger partial charge on any atom is 0.267 e. The summed E-state index contributed by atoms with van der Waals surface area (Å²) in [5.74, 6) is 0.578. The van der Waals surface area contributed by atoms with Gasteiger partial charge in [-0.25, -0.2) is 4.39 Å². The normalized spacial score (nSPS) is 10.7. The van der Waals surface area contributed by atoms with Crippen LogP contribution in [0.4, 0.5) is 4.39 Å². The van der Waals surface area contributed by atoms with Gasteiger partial charge in [0.2, 0.25) is 0 Å². The van der Waals surface area contributed by atoms with Gasteiger partial charge in [-0.1, -0.05) is 29.8 Å². The number of pyridine rings is 1. The summed E-state index contributed by atoms with van der Waals surface area (Å²) in [5, 5.41) is 2.57. The quantitative estimate of drug-likeness (QED) is 0.389. The topological polar surface area (TPSA) is 84.1 Å². The molecule has 34 heavy (non-hydrogen) atoms. The molecule has 2 heterocycles. The lowest BCUT2D eigenvalue weighted by molar-refractivity contribution is -0.117. The largest absolute Gasteiger partial charge is 0.457 e. The molecule has 0 unspecified atom stereocenters. The molecule has 6 nitrogen and oxygen atoms in total. The molecule has 0 saturated carbocycles. The summed E-state index contributed by atoms with van der Waals surface area (Å²) >= 11 is 0. The number of Topliss-reactive ketones (excluding diaryl/α,β-unsaturated/α-hetero) is 1. The SMILES string of the molecule is CNC(=O)c1cc(-c2cc(Oc3ccc(CC(=O)Cc4cc(C)ccc4F)cc3)ccn2)c[nH]1. The molecule has 0 spiro atoms. The number of ketones is 1. The van der Waals surface area contributed by atoms with Crippen LogP contribution in [-0.2, 0) is 17.6 Å². The minimum atomic E-state index is -0.357. The molecule has 2 aromatic carbocycles. The average Bonchev–Trinajstić information content (AvgIpc) is 3.33.